The van der Waals surface area contributed by atoms with Gasteiger partial charge in [-0.05, 0) is 6.07 Å². The van der Waals surface area contributed by atoms with Gasteiger partial charge in [-0.1, -0.05) is 18.2 Å². The Kier molecular flexibility index (Phi) is 3.89. The topological polar surface area (TPSA) is 49.0 Å². The molecule has 1 fully saturated rings. The summed E-state index contributed by atoms with van der Waals surface area (Å²) in [4.78, 5) is 13.7. The second-order valence-corrected chi connectivity index (χ2v) is 7.96. The molecule has 3 aliphatic heterocycles. The normalized spacial score (nSPS) is 22.4. The first kappa shape index (κ1) is 17.2. The highest BCUT2D eigenvalue weighted by atomic mass is 16.5. The van der Waals surface area contributed by atoms with E-state index in [0.29, 0.717) is 13.1 Å². The maximum absolute atomic E-state index is 11.8. The molecule has 0 aliphatic carbocycles. The molecule has 5 rings (SSSR count). The molecule has 2 aromatic rings. The molecule has 3 aliphatic rings. The summed E-state index contributed by atoms with van der Waals surface area (Å²) in [5.74, 6) is 1.08. The zero-order valence-electron chi connectivity index (χ0n) is 16.3. The van der Waals surface area contributed by atoms with Crippen molar-refractivity contribution in [2.45, 2.75) is 38.0 Å². The Bertz CT molecular complexity index is 945. The molecule has 0 saturated carbocycles. The number of hydrazone groups is 1. The summed E-state index contributed by atoms with van der Waals surface area (Å²) < 4.78 is 8.61. The largest absolute Gasteiger partial charge is 0.466 e. The number of hydrogen-bond acceptors (Lipinski definition) is 4. The number of aromatic nitrogens is 1. The van der Waals surface area contributed by atoms with E-state index in [9.17, 15) is 4.79 Å². The minimum atomic E-state index is -0.480. The van der Waals surface area contributed by atoms with Crippen LogP contribution in [0.3, 0.4) is 0 Å². The maximum Gasteiger partial charge on any atom is 0.219 e. The Morgan fingerprint density at radius 2 is 1.89 bits per heavy atom. The van der Waals surface area contributed by atoms with E-state index >= 15 is 0 Å². The molecule has 28 heavy (non-hydrogen) atoms. The molecule has 1 amide bonds. The molecule has 4 heterocycles. The van der Waals surface area contributed by atoms with Crippen LogP contribution in [0.25, 0.3) is 0 Å². The molecule has 1 aromatic heterocycles. The highest BCUT2D eigenvalue weighted by Gasteiger charge is 2.52. The average molecular weight is 377 g/mol. The molecule has 0 unspecified atom stereocenters. The standard InChI is InChI=1S/C22H25N4O2/c1-16(27)25-13-9-22(10-14-25)26-20(18-5-3-4-6-21(18)28-22)15-19(23-26)17-7-11-24(2)12-8-17/h3-8,11-12,20H,9-10,13-15H2,1-2H3/q+1/t20-/m0/s1. The number of carbonyl (C=O) groups is 1. The number of likely N-dealkylation sites (tertiary alicyclic amines) is 1. The molecule has 0 radical (unpaired) electrons. The smallest absolute Gasteiger partial charge is 0.219 e. The fourth-order valence-corrected chi connectivity index (χ4v) is 4.60. The summed E-state index contributed by atoms with van der Waals surface area (Å²) in [5.41, 5.74) is 2.97. The molecular weight excluding hydrogens is 352 g/mol. The molecule has 1 atom stereocenters. The van der Waals surface area contributed by atoms with Crippen molar-refractivity contribution in [3.05, 3.63) is 59.9 Å². The van der Waals surface area contributed by atoms with Gasteiger partial charge >= 0.3 is 0 Å². The third kappa shape index (κ3) is 2.66. The first-order chi connectivity index (χ1) is 13.6. The van der Waals surface area contributed by atoms with Crippen LogP contribution < -0.4 is 9.30 Å². The Morgan fingerprint density at radius 1 is 1.18 bits per heavy atom. The molecule has 1 spiro atoms. The third-order valence-corrected chi connectivity index (χ3v) is 6.21. The minimum Gasteiger partial charge on any atom is -0.466 e. The minimum absolute atomic E-state index is 0.130. The summed E-state index contributed by atoms with van der Waals surface area (Å²) >= 11 is 0. The number of rotatable bonds is 1. The second-order valence-electron chi connectivity index (χ2n) is 7.96. The van der Waals surface area contributed by atoms with Gasteiger partial charge in [-0.25, -0.2) is 9.58 Å². The van der Waals surface area contributed by atoms with Gasteiger partial charge in [-0.2, -0.15) is 5.10 Å². The SMILES string of the molecule is CC(=O)N1CCC2(CC1)Oc1ccccc1[C@@H]1CC(c3cc[n+](C)cc3)=NN12. The lowest BCUT2D eigenvalue weighted by atomic mass is 9.91. The van der Waals surface area contributed by atoms with Gasteiger partial charge in [0.1, 0.15) is 12.8 Å². The highest BCUT2D eigenvalue weighted by molar-refractivity contribution is 6.01. The van der Waals surface area contributed by atoms with Crippen LogP contribution in [0.5, 0.6) is 5.75 Å². The van der Waals surface area contributed by atoms with E-state index in [4.69, 9.17) is 9.84 Å². The molecule has 0 N–H and O–H groups in total. The van der Waals surface area contributed by atoms with Crippen LogP contribution in [0.2, 0.25) is 0 Å². The van der Waals surface area contributed by atoms with Crippen molar-refractivity contribution in [1.82, 2.24) is 9.91 Å². The number of benzene rings is 1. The molecule has 6 nitrogen and oxygen atoms in total. The van der Waals surface area contributed by atoms with E-state index in [0.717, 1.165) is 36.3 Å². The third-order valence-electron chi connectivity index (χ3n) is 6.21. The lowest BCUT2D eigenvalue weighted by molar-refractivity contribution is -0.671. The van der Waals surface area contributed by atoms with Crippen molar-refractivity contribution in [1.29, 1.82) is 0 Å². The first-order valence-corrected chi connectivity index (χ1v) is 9.92. The highest BCUT2D eigenvalue weighted by Crippen LogP contribution is 2.49. The van der Waals surface area contributed by atoms with Gasteiger partial charge in [0.15, 0.2) is 12.4 Å². The van der Waals surface area contributed by atoms with E-state index < -0.39 is 5.72 Å². The van der Waals surface area contributed by atoms with E-state index in [1.165, 1.54) is 5.56 Å². The lowest BCUT2D eigenvalue weighted by Crippen LogP contribution is -2.59. The van der Waals surface area contributed by atoms with Crippen LogP contribution in [0.15, 0.2) is 53.9 Å². The number of piperidine rings is 1. The van der Waals surface area contributed by atoms with Crippen LogP contribution in [-0.4, -0.2) is 40.3 Å². The molecule has 0 bridgehead atoms. The molecule has 1 saturated heterocycles. The van der Waals surface area contributed by atoms with Crippen molar-refractivity contribution in [2.75, 3.05) is 13.1 Å². The van der Waals surface area contributed by atoms with Crippen molar-refractivity contribution < 1.29 is 14.1 Å². The number of nitrogens with zero attached hydrogens (tertiary/aromatic N) is 4. The van der Waals surface area contributed by atoms with Crippen molar-refractivity contribution in [3.8, 4) is 5.75 Å². The van der Waals surface area contributed by atoms with Crippen LogP contribution in [-0.2, 0) is 11.8 Å². The van der Waals surface area contributed by atoms with Crippen LogP contribution >= 0.6 is 0 Å². The Labute approximate surface area is 165 Å². The van der Waals surface area contributed by atoms with Crippen molar-refractivity contribution >= 4 is 11.6 Å². The summed E-state index contributed by atoms with van der Waals surface area (Å²) in [7, 11) is 2.02. The number of aryl methyl sites for hydroxylation is 1. The Hall–Kier alpha value is -2.89. The van der Waals surface area contributed by atoms with Gasteiger partial charge in [0.2, 0.25) is 11.6 Å². The number of ether oxygens (including phenoxy) is 1. The molecule has 144 valence electrons. The van der Waals surface area contributed by atoms with Gasteiger partial charge < -0.3 is 9.64 Å². The Morgan fingerprint density at radius 3 is 2.61 bits per heavy atom. The van der Waals surface area contributed by atoms with Gasteiger partial charge in [-0.15, -0.1) is 0 Å². The number of amides is 1. The van der Waals surface area contributed by atoms with Crippen molar-refractivity contribution in [2.24, 2.45) is 12.1 Å². The number of para-hydroxylation sites is 1. The predicted molar refractivity (Wildman–Crippen MR) is 105 cm³/mol. The van der Waals surface area contributed by atoms with Crippen LogP contribution in [0, 0.1) is 0 Å². The van der Waals surface area contributed by atoms with Gasteiger partial charge in [0.05, 0.1) is 11.8 Å². The summed E-state index contributed by atoms with van der Waals surface area (Å²) in [5, 5.41) is 7.26. The first-order valence-electron chi connectivity index (χ1n) is 9.92. The number of carbonyl (C=O) groups excluding carboxylic acids is 1. The molecule has 6 heteroatoms. The predicted octanol–water partition coefficient (Wildman–Crippen LogP) is 2.39. The van der Waals surface area contributed by atoms with Gasteiger partial charge in [0, 0.05) is 62.5 Å². The lowest BCUT2D eigenvalue weighted by Gasteiger charge is -2.51. The van der Waals surface area contributed by atoms with Gasteiger partial charge in [0.25, 0.3) is 0 Å². The number of pyridine rings is 1. The summed E-state index contributed by atoms with van der Waals surface area (Å²) in [6.07, 6.45) is 6.50. The quantitative estimate of drug-likeness (QED) is 0.717. The van der Waals surface area contributed by atoms with E-state index in [1.807, 2.05) is 22.6 Å². The fourth-order valence-electron chi connectivity index (χ4n) is 4.60. The monoisotopic (exact) mass is 377 g/mol. The zero-order valence-corrected chi connectivity index (χ0v) is 16.3. The zero-order chi connectivity index (χ0) is 19.3. The van der Waals surface area contributed by atoms with Gasteiger partial charge in [-0.3, -0.25) is 4.79 Å². The maximum atomic E-state index is 11.8. The average Bonchev–Trinajstić information content (AvgIpc) is 3.16. The van der Waals surface area contributed by atoms with Crippen LogP contribution in [0.1, 0.15) is 43.4 Å². The van der Waals surface area contributed by atoms with Crippen LogP contribution in [0.4, 0.5) is 0 Å². The van der Waals surface area contributed by atoms with E-state index in [-0.39, 0.29) is 11.9 Å². The summed E-state index contributed by atoms with van der Waals surface area (Å²) in [6, 6.07) is 12.7. The number of fused-ring (bicyclic) bond motifs is 4. The number of hydrogen-bond donors (Lipinski definition) is 0. The van der Waals surface area contributed by atoms with E-state index in [2.05, 4.69) is 47.7 Å². The second kappa shape index (κ2) is 6.33. The molecular formula is C22H25N4O2+. The summed E-state index contributed by atoms with van der Waals surface area (Å²) in [6.45, 7) is 3.04. The van der Waals surface area contributed by atoms with E-state index in [1.54, 1.807) is 6.92 Å². The fraction of sp³-hybridized carbons (Fsp3) is 0.409. The van der Waals surface area contributed by atoms with Crippen molar-refractivity contribution in [3.63, 3.8) is 0 Å². The molecule has 1 aromatic carbocycles. The Balaban J connectivity index is 1.53.